The molecule has 194 valence electrons. The molecule has 1 aliphatic heterocycles. The molecule has 0 spiro atoms. The fourth-order valence-corrected chi connectivity index (χ4v) is 5.64. The standard InChI is InChI=1S/C29H39N3O3S/c1-8-9-10-18-32-21(4)25(26(33)30-24-19(2)12-11-13-20(24)3)31(7)27(32)22-14-16-23(17-15-22)36-29(5,6)28(34)35/h11-17,27H,8-10,18H2,1-7H3,(H,30,33)(H,34,35). The fourth-order valence-electron chi connectivity index (χ4n) is 4.69. The summed E-state index contributed by atoms with van der Waals surface area (Å²) >= 11 is 1.33. The SMILES string of the molecule is CCCCCN1C(C)=C(C(=O)Nc2c(C)cccc2C)N(C)C1c1ccc(SC(C)(C)C(=O)O)cc1. The summed E-state index contributed by atoms with van der Waals surface area (Å²) in [6.07, 6.45) is 3.20. The Bertz CT molecular complexity index is 1120. The van der Waals surface area contributed by atoms with Crippen LogP contribution in [0.2, 0.25) is 0 Å². The van der Waals surface area contributed by atoms with Gasteiger partial charge < -0.3 is 20.2 Å². The lowest BCUT2D eigenvalue weighted by Crippen LogP contribution is -2.33. The van der Waals surface area contributed by atoms with Crippen molar-refractivity contribution < 1.29 is 14.7 Å². The number of aliphatic carboxylic acids is 1. The van der Waals surface area contributed by atoms with Crippen molar-refractivity contribution in [1.29, 1.82) is 0 Å². The van der Waals surface area contributed by atoms with E-state index in [1.54, 1.807) is 13.8 Å². The molecule has 1 unspecified atom stereocenters. The number of hydrogen-bond acceptors (Lipinski definition) is 5. The summed E-state index contributed by atoms with van der Waals surface area (Å²) < 4.78 is -0.908. The Morgan fingerprint density at radius 1 is 1.03 bits per heavy atom. The van der Waals surface area contributed by atoms with Gasteiger partial charge in [0, 0.05) is 29.9 Å². The second-order valence-corrected chi connectivity index (χ2v) is 11.7. The Kier molecular flexibility index (Phi) is 8.77. The second kappa shape index (κ2) is 11.4. The first kappa shape index (κ1) is 27.7. The molecule has 3 rings (SSSR count). The van der Waals surface area contributed by atoms with E-state index in [0.29, 0.717) is 5.70 Å². The number of hydrogen-bond donors (Lipinski definition) is 2. The van der Waals surface area contributed by atoms with E-state index >= 15 is 0 Å². The van der Waals surface area contributed by atoms with Gasteiger partial charge in [-0.05, 0) is 69.9 Å². The molecular weight excluding hydrogens is 470 g/mol. The maximum Gasteiger partial charge on any atom is 0.319 e. The van der Waals surface area contributed by atoms with Gasteiger partial charge in [-0.3, -0.25) is 9.59 Å². The number of unbranched alkanes of at least 4 members (excludes halogenated alkanes) is 2. The number of aryl methyl sites for hydroxylation is 2. The minimum absolute atomic E-state index is 0.105. The number of carbonyl (C=O) groups is 2. The number of nitrogens with zero attached hydrogens (tertiary/aromatic N) is 2. The summed E-state index contributed by atoms with van der Waals surface area (Å²) in [5.74, 6) is -0.945. The average Bonchev–Trinajstić information content (AvgIpc) is 3.06. The van der Waals surface area contributed by atoms with Crippen molar-refractivity contribution in [2.45, 2.75) is 76.6 Å². The van der Waals surface area contributed by atoms with Gasteiger partial charge in [-0.2, -0.15) is 0 Å². The quantitative estimate of drug-likeness (QED) is 0.279. The van der Waals surface area contributed by atoms with Crippen molar-refractivity contribution in [2.75, 3.05) is 18.9 Å². The van der Waals surface area contributed by atoms with E-state index in [4.69, 9.17) is 0 Å². The van der Waals surface area contributed by atoms with Crippen LogP contribution in [0.15, 0.2) is 58.8 Å². The third-order valence-corrected chi connectivity index (χ3v) is 7.98. The number of carboxylic acids is 1. The third-order valence-electron chi connectivity index (χ3n) is 6.79. The first-order valence-electron chi connectivity index (χ1n) is 12.6. The highest BCUT2D eigenvalue weighted by Crippen LogP contribution is 2.40. The third kappa shape index (κ3) is 5.89. The number of nitrogens with one attached hydrogen (secondary N) is 1. The number of rotatable bonds is 10. The number of anilines is 1. The summed E-state index contributed by atoms with van der Waals surface area (Å²) in [4.78, 5) is 30.4. The Labute approximate surface area is 219 Å². The van der Waals surface area contributed by atoms with E-state index in [0.717, 1.165) is 58.8 Å². The molecule has 1 atom stereocenters. The van der Waals surface area contributed by atoms with Crippen LogP contribution in [0.1, 0.15) is 69.8 Å². The highest BCUT2D eigenvalue weighted by Gasteiger charge is 2.38. The minimum atomic E-state index is -0.908. The highest BCUT2D eigenvalue weighted by molar-refractivity contribution is 8.01. The van der Waals surface area contributed by atoms with Crippen molar-refractivity contribution >= 4 is 29.3 Å². The largest absolute Gasteiger partial charge is 0.480 e. The van der Waals surface area contributed by atoms with E-state index in [1.165, 1.54) is 11.8 Å². The van der Waals surface area contributed by atoms with Crippen LogP contribution in [0.5, 0.6) is 0 Å². The fraction of sp³-hybridized carbons (Fsp3) is 0.448. The number of allylic oxidation sites excluding steroid dienone is 1. The van der Waals surface area contributed by atoms with Crippen LogP contribution < -0.4 is 5.32 Å². The van der Waals surface area contributed by atoms with Crippen LogP contribution in [0.3, 0.4) is 0 Å². The number of amides is 1. The van der Waals surface area contributed by atoms with Crippen molar-refractivity contribution in [1.82, 2.24) is 9.80 Å². The molecule has 0 fully saturated rings. The Morgan fingerprint density at radius 3 is 2.19 bits per heavy atom. The van der Waals surface area contributed by atoms with Gasteiger partial charge in [0.05, 0.1) is 0 Å². The first-order chi connectivity index (χ1) is 17.0. The number of carboxylic acid groups (broad SMARTS) is 1. The van der Waals surface area contributed by atoms with E-state index in [-0.39, 0.29) is 12.1 Å². The van der Waals surface area contributed by atoms with E-state index in [9.17, 15) is 14.7 Å². The van der Waals surface area contributed by atoms with E-state index in [2.05, 4.69) is 22.0 Å². The summed E-state index contributed by atoms with van der Waals surface area (Å²) in [6, 6.07) is 14.1. The lowest BCUT2D eigenvalue weighted by molar-refractivity contribution is -0.138. The molecule has 7 heteroatoms. The van der Waals surface area contributed by atoms with Gasteiger partial charge in [0.25, 0.3) is 5.91 Å². The minimum Gasteiger partial charge on any atom is -0.480 e. The summed E-state index contributed by atoms with van der Waals surface area (Å²) in [6.45, 7) is 12.5. The number of thioether (sulfide) groups is 1. The molecule has 36 heavy (non-hydrogen) atoms. The van der Waals surface area contributed by atoms with Gasteiger partial charge in [0.2, 0.25) is 0 Å². The van der Waals surface area contributed by atoms with Crippen LogP contribution in [0, 0.1) is 13.8 Å². The van der Waals surface area contributed by atoms with Crippen molar-refractivity contribution in [2.24, 2.45) is 0 Å². The molecular formula is C29H39N3O3S. The van der Waals surface area contributed by atoms with Crippen LogP contribution >= 0.6 is 11.8 Å². The smallest absolute Gasteiger partial charge is 0.319 e. The zero-order valence-corrected chi connectivity index (χ0v) is 23.3. The zero-order chi connectivity index (χ0) is 26.6. The van der Waals surface area contributed by atoms with Gasteiger partial charge in [0.1, 0.15) is 16.6 Å². The van der Waals surface area contributed by atoms with Gasteiger partial charge in [-0.25, -0.2) is 0 Å². The van der Waals surface area contributed by atoms with Crippen molar-refractivity contribution in [3.05, 3.63) is 70.5 Å². The van der Waals surface area contributed by atoms with E-state index in [1.807, 2.05) is 70.3 Å². The Morgan fingerprint density at radius 2 is 1.64 bits per heavy atom. The Hall–Kier alpha value is -2.93. The molecule has 0 aromatic heterocycles. The van der Waals surface area contributed by atoms with Gasteiger partial charge in [-0.1, -0.05) is 50.1 Å². The summed E-state index contributed by atoms with van der Waals surface area (Å²) in [7, 11) is 1.98. The predicted octanol–water partition coefficient (Wildman–Crippen LogP) is 6.57. The maximum absolute atomic E-state index is 13.6. The molecule has 0 radical (unpaired) electrons. The molecule has 2 aromatic rings. The molecule has 0 aliphatic carbocycles. The van der Waals surface area contributed by atoms with Gasteiger partial charge >= 0.3 is 5.97 Å². The lowest BCUT2D eigenvalue weighted by Gasteiger charge is -2.33. The topological polar surface area (TPSA) is 72.9 Å². The average molecular weight is 510 g/mol. The molecule has 1 aliphatic rings. The van der Waals surface area contributed by atoms with Crippen molar-refractivity contribution in [3.63, 3.8) is 0 Å². The van der Waals surface area contributed by atoms with Gasteiger partial charge in [0.15, 0.2) is 0 Å². The van der Waals surface area contributed by atoms with Crippen LogP contribution in [0.4, 0.5) is 5.69 Å². The molecule has 6 nitrogen and oxygen atoms in total. The normalized spacial score (nSPS) is 16.0. The molecule has 1 amide bonds. The number of likely N-dealkylation sites (N-methyl/N-ethyl adjacent to an activating group) is 1. The number of carbonyl (C=O) groups excluding carboxylic acids is 1. The first-order valence-corrected chi connectivity index (χ1v) is 13.4. The van der Waals surface area contributed by atoms with Crippen LogP contribution in [-0.4, -0.2) is 45.1 Å². The molecule has 0 saturated carbocycles. The molecule has 2 aromatic carbocycles. The van der Waals surface area contributed by atoms with Crippen molar-refractivity contribution in [3.8, 4) is 0 Å². The number of benzene rings is 2. The predicted molar refractivity (Wildman–Crippen MR) is 148 cm³/mol. The molecule has 0 bridgehead atoms. The van der Waals surface area contributed by atoms with E-state index < -0.39 is 10.7 Å². The summed E-state index contributed by atoms with van der Waals surface area (Å²) in [5.41, 5.74) is 5.64. The zero-order valence-electron chi connectivity index (χ0n) is 22.5. The summed E-state index contributed by atoms with van der Waals surface area (Å²) in [5, 5.41) is 12.6. The second-order valence-electron chi connectivity index (χ2n) is 10.0. The van der Waals surface area contributed by atoms with Gasteiger partial charge in [-0.15, -0.1) is 11.8 Å². The number of para-hydroxylation sites is 1. The van der Waals surface area contributed by atoms with Crippen LogP contribution in [-0.2, 0) is 9.59 Å². The monoisotopic (exact) mass is 509 g/mol. The molecule has 2 N–H and O–H groups in total. The highest BCUT2D eigenvalue weighted by atomic mass is 32.2. The Balaban J connectivity index is 1.90. The maximum atomic E-state index is 13.6. The lowest BCUT2D eigenvalue weighted by atomic mass is 10.1. The molecule has 0 saturated heterocycles. The van der Waals surface area contributed by atoms with Crippen LogP contribution in [0.25, 0.3) is 0 Å². The molecule has 1 heterocycles.